The van der Waals surface area contributed by atoms with Crippen molar-refractivity contribution in [2.75, 3.05) is 20.4 Å². The summed E-state index contributed by atoms with van der Waals surface area (Å²) in [5.41, 5.74) is 2.21. The lowest BCUT2D eigenvalue weighted by molar-refractivity contribution is -0.885. The van der Waals surface area contributed by atoms with Gasteiger partial charge in [-0.1, -0.05) is 34.1 Å². The average molecular weight is 406 g/mol. The van der Waals surface area contributed by atoms with Crippen LogP contribution in [0.25, 0.3) is 0 Å². The first kappa shape index (κ1) is 17.8. The highest BCUT2D eigenvalue weighted by molar-refractivity contribution is 9.10. The molecule has 0 aliphatic carbocycles. The van der Waals surface area contributed by atoms with Crippen LogP contribution in [-0.2, 0) is 11.3 Å². The van der Waals surface area contributed by atoms with Crippen molar-refractivity contribution in [2.24, 2.45) is 0 Å². The third-order valence-electron chi connectivity index (χ3n) is 4.16. The third-order valence-corrected chi connectivity index (χ3v) is 4.68. The van der Waals surface area contributed by atoms with Gasteiger partial charge in [-0.15, -0.1) is 0 Å². The summed E-state index contributed by atoms with van der Waals surface area (Å²) in [5, 5.41) is 3.05. The van der Waals surface area contributed by atoms with E-state index >= 15 is 0 Å². The number of carbonyl (C=O) groups excluding carboxylic acids is 1. The molecule has 0 saturated heterocycles. The molecule has 2 atom stereocenters. The zero-order valence-corrected chi connectivity index (χ0v) is 15.9. The van der Waals surface area contributed by atoms with Crippen LogP contribution in [0, 0.1) is 0 Å². The number of amides is 1. The molecule has 3 rings (SSSR count). The Morgan fingerprint density at radius 2 is 1.92 bits per heavy atom. The number of nitrogens with one attached hydrogen (secondary N) is 2. The first-order chi connectivity index (χ1) is 12.0. The molecule has 1 aliphatic heterocycles. The number of benzene rings is 2. The lowest BCUT2D eigenvalue weighted by Gasteiger charge is -2.18. The number of hydrogen-bond donors (Lipinski definition) is 2. The fourth-order valence-electron chi connectivity index (χ4n) is 2.85. The van der Waals surface area contributed by atoms with Gasteiger partial charge in [0.1, 0.15) is 6.54 Å². The summed E-state index contributed by atoms with van der Waals surface area (Å²) in [6.07, 6.45) is 0. The Bertz CT molecular complexity index is 749. The number of likely N-dealkylation sites (N-methyl/N-ethyl adjacent to an activating group) is 1. The molecule has 25 heavy (non-hydrogen) atoms. The van der Waals surface area contributed by atoms with Crippen LogP contribution in [0.5, 0.6) is 11.5 Å². The maximum Gasteiger partial charge on any atom is 0.275 e. The van der Waals surface area contributed by atoms with E-state index in [1.54, 1.807) is 0 Å². The molecule has 0 aromatic heterocycles. The largest absolute Gasteiger partial charge is 0.454 e. The molecule has 6 heteroatoms. The van der Waals surface area contributed by atoms with E-state index < -0.39 is 0 Å². The Morgan fingerprint density at radius 3 is 2.68 bits per heavy atom. The van der Waals surface area contributed by atoms with Crippen molar-refractivity contribution in [3.8, 4) is 11.5 Å². The molecule has 1 aliphatic rings. The van der Waals surface area contributed by atoms with Crippen molar-refractivity contribution < 1.29 is 19.2 Å². The van der Waals surface area contributed by atoms with Crippen LogP contribution in [0.2, 0.25) is 0 Å². The van der Waals surface area contributed by atoms with Crippen molar-refractivity contribution in [3.05, 3.63) is 58.1 Å². The minimum atomic E-state index is -0.0810. The van der Waals surface area contributed by atoms with Crippen LogP contribution in [-0.4, -0.2) is 26.3 Å². The van der Waals surface area contributed by atoms with Gasteiger partial charge in [0.25, 0.3) is 5.91 Å². The second kappa shape index (κ2) is 7.89. The van der Waals surface area contributed by atoms with Gasteiger partial charge >= 0.3 is 0 Å². The molecule has 132 valence electrons. The molecular weight excluding hydrogens is 384 g/mol. The first-order valence-corrected chi connectivity index (χ1v) is 9.05. The predicted octanol–water partition coefficient (Wildman–Crippen LogP) is 2.07. The normalized spacial score (nSPS) is 14.8. The van der Waals surface area contributed by atoms with E-state index in [1.807, 2.05) is 44.3 Å². The fourth-order valence-corrected chi connectivity index (χ4v) is 3.11. The number of fused-ring (bicyclic) bond motifs is 1. The van der Waals surface area contributed by atoms with Crippen LogP contribution in [0.4, 0.5) is 0 Å². The van der Waals surface area contributed by atoms with E-state index in [4.69, 9.17) is 9.47 Å². The Hall–Kier alpha value is -2.05. The Balaban J connectivity index is 1.52. The van der Waals surface area contributed by atoms with Gasteiger partial charge in [0.15, 0.2) is 18.0 Å². The van der Waals surface area contributed by atoms with Crippen molar-refractivity contribution in [1.82, 2.24) is 5.32 Å². The van der Waals surface area contributed by atoms with Gasteiger partial charge in [-0.2, -0.15) is 0 Å². The molecule has 0 spiro atoms. The summed E-state index contributed by atoms with van der Waals surface area (Å²) in [6.45, 7) is 3.45. The first-order valence-electron chi connectivity index (χ1n) is 8.26. The van der Waals surface area contributed by atoms with Gasteiger partial charge in [0, 0.05) is 10.0 Å². The number of quaternary nitrogens is 1. The molecule has 2 aromatic rings. The van der Waals surface area contributed by atoms with E-state index in [9.17, 15) is 4.79 Å². The predicted molar refractivity (Wildman–Crippen MR) is 98.7 cm³/mol. The maximum atomic E-state index is 12.3. The molecule has 1 amide bonds. The molecule has 0 radical (unpaired) electrons. The van der Waals surface area contributed by atoms with Crippen LogP contribution < -0.4 is 19.7 Å². The van der Waals surface area contributed by atoms with Gasteiger partial charge in [-0.05, 0) is 36.8 Å². The molecule has 0 bridgehead atoms. The van der Waals surface area contributed by atoms with Crippen molar-refractivity contribution in [3.63, 3.8) is 0 Å². The van der Waals surface area contributed by atoms with Gasteiger partial charge < -0.3 is 19.7 Å². The zero-order valence-electron chi connectivity index (χ0n) is 14.3. The van der Waals surface area contributed by atoms with E-state index in [-0.39, 0.29) is 18.7 Å². The van der Waals surface area contributed by atoms with E-state index in [0.717, 1.165) is 33.0 Å². The van der Waals surface area contributed by atoms with Crippen molar-refractivity contribution >= 4 is 21.8 Å². The molecule has 2 aromatic carbocycles. The molecular formula is C19H22BrN2O3+. The standard InChI is InChI=1S/C19H21BrN2O3/c1-13(15-5-8-17-18(9-15)25-12-24-17)21-19(23)11-22(2)10-14-3-6-16(20)7-4-14/h3-9,13H,10-12H2,1-2H3,(H,21,23)/p+1/t13-/m0/s1. The van der Waals surface area contributed by atoms with Gasteiger partial charge in [0.05, 0.1) is 13.1 Å². The number of ether oxygens (including phenoxy) is 2. The molecule has 2 N–H and O–H groups in total. The summed E-state index contributed by atoms with van der Waals surface area (Å²) < 4.78 is 11.8. The summed E-state index contributed by atoms with van der Waals surface area (Å²) in [7, 11) is 2.02. The summed E-state index contributed by atoms with van der Waals surface area (Å²) in [4.78, 5) is 13.5. The molecule has 5 nitrogen and oxygen atoms in total. The number of carbonyl (C=O) groups is 1. The lowest BCUT2D eigenvalue weighted by Crippen LogP contribution is -3.08. The minimum absolute atomic E-state index is 0.0276. The van der Waals surface area contributed by atoms with Crippen LogP contribution in [0.3, 0.4) is 0 Å². The van der Waals surface area contributed by atoms with Crippen LogP contribution in [0.1, 0.15) is 24.1 Å². The summed E-state index contributed by atoms with van der Waals surface area (Å²) >= 11 is 3.43. The minimum Gasteiger partial charge on any atom is -0.454 e. The highest BCUT2D eigenvalue weighted by Gasteiger charge is 2.18. The molecule has 1 unspecified atom stereocenters. The average Bonchev–Trinajstić information content (AvgIpc) is 3.04. The maximum absolute atomic E-state index is 12.3. The molecule has 0 fully saturated rings. The number of rotatable bonds is 6. The van der Waals surface area contributed by atoms with E-state index in [2.05, 4.69) is 33.4 Å². The Morgan fingerprint density at radius 1 is 1.20 bits per heavy atom. The topological polar surface area (TPSA) is 52.0 Å². The van der Waals surface area contributed by atoms with E-state index in [0.29, 0.717) is 6.54 Å². The van der Waals surface area contributed by atoms with Gasteiger partial charge in [0.2, 0.25) is 6.79 Å². The highest BCUT2D eigenvalue weighted by Crippen LogP contribution is 2.34. The second-order valence-corrected chi connectivity index (χ2v) is 7.25. The lowest BCUT2D eigenvalue weighted by atomic mass is 10.1. The highest BCUT2D eigenvalue weighted by atomic mass is 79.9. The van der Waals surface area contributed by atoms with Crippen molar-refractivity contribution in [2.45, 2.75) is 19.5 Å². The van der Waals surface area contributed by atoms with Gasteiger partial charge in [-0.3, -0.25) is 4.79 Å². The van der Waals surface area contributed by atoms with Crippen LogP contribution >= 0.6 is 15.9 Å². The molecule has 1 heterocycles. The summed E-state index contributed by atoms with van der Waals surface area (Å²) in [5.74, 6) is 1.51. The Kier molecular flexibility index (Phi) is 5.60. The second-order valence-electron chi connectivity index (χ2n) is 6.34. The third kappa shape index (κ3) is 4.74. The molecule has 0 saturated carbocycles. The monoisotopic (exact) mass is 405 g/mol. The smallest absolute Gasteiger partial charge is 0.275 e. The fraction of sp³-hybridized carbons (Fsp3) is 0.316. The van der Waals surface area contributed by atoms with E-state index in [1.165, 1.54) is 5.56 Å². The van der Waals surface area contributed by atoms with Gasteiger partial charge in [-0.25, -0.2) is 0 Å². The number of halogens is 1. The SMILES string of the molecule is C[C@H](NC(=O)C[NH+](C)Cc1ccc(Br)cc1)c1ccc2c(c1)OCO2. The Labute approximate surface area is 156 Å². The quantitative estimate of drug-likeness (QED) is 0.773. The van der Waals surface area contributed by atoms with Crippen LogP contribution in [0.15, 0.2) is 46.9 Å². The number of hydrogen-bond acceptors (Lipinski definition) is 3. The van der Waals surface area contributed by atoms with Crippen molar-refractivity contribution in [1.29, 1.82) is 0 Å². The zero-order chi connectivity index (χ0) is 17.8. The summed E-state index contributed by atoms with van der Waals surface area (Å²) in [6, 6.07) is 13.9.